The number of aryl methyl sites for hydroxylation is 1. The summed E-state index contributed by atoms with van der Waals surface area (Å²) in [5.41, 5.74) is 1.05. The number of unbranched alkanes of at least 4 members (excludes halogenated alkanes) is 3. The number of nitrogens with zero attached hydrogens (tertiary/aromatic N) is 2. The van der Waals surface area contributed by atoms with E-state index < -0.39 is 31.0 Å². The molecule has 0 saturated heterocycles. The second-order valence-electron chi connectivity index (χ2n) is 8.89. The topological polar surface area (TPSA) is 51.4 Å². The summed E-state index contributed by atoms with van der Waals surface area (Å²) >= 11 is 0.778. The molecule has 2 heterocycles. The molecule has 0 saturated carbocycles. The molecule has 0 aliphatic carbocycles. The number of fused-ring (bicyclic) bond motifs is 1. The van der Waals surface area contributed by atoms with Crippen molar-refractivity contribution in [3.05, 3.63) is 42.4 Å². The van der Waals surface area contributed by atoms with Crippen molar-refractivity contribution in [2.75, 3.05) is 0 Å². The first-order valence-corrected chi connectivity index (χ1v) is 17.1. The first-order valence-electron chi connectivity index (χ1n) is 11.9. The normalized spacial score (nSPS) is 12.6. The fraction of sp³-hybridized carbons (Fsp3) is 0.560. The molecular formula is C25H36N2O2S2Sn. The molecule has 3 aromatic rings. The van der Waals surface area contributed by atoms with Crippen molar-refractivity contribution in [2.45, 2.75) is 98.8 Å². The van der Waals surface area contributed by atoms with Gasteiger partial charge in [-0.3, -0.25) is 0 Å². The van der Waals surface area contributed by atoms with Crippen molar-refractivity contribution in [2.24, 2.45) is 0 Å². The van der Waals surface area contributed by atoms with Crippen LogP contribution in [0.15, 0.2) is 46.7 Å². The Hall–Kier alpha value is -0.861. The summed E-state index contributed by atoms with van der Waals surface area (Å²) in [6.07, 6.45) is 15.5. The van der Waals surface area contributed by atoms with Crippen molar-refractivity contribution < 1.29 is 8.42 Å². The summed E-state index contributed by atoms with van der Waals surface area (Å²) in [6.45, 7) is 8.83. The van der Waals surface area contributed by atoms with Crippen LogP contribution in [0.4, 0.5) is 0 Å². The molecule has 174 valence electrons. The molecule has 0 bridgehead atoms. The van der Waals surface area contributed by atoms with Crippen molar-refractivity contribution >= 4 is 50.0 Å². The number of sulfone groups is 1. The van der Waals surface area contributed by atoms with Gasteiger partial charge >= 0.3 is 209 Å². The zero-order chi connectivity index (χ0) is 23.2. The number of benzene rings is 1. The zero-order valence-corrected chi connectivity index (χ0v) is 24.3. The van der Waals surface area contributed by atoms with Gasteiger partial charge in [0.2, 0.25) is 0 Å². The molecule has 32 heavy (non-hydrogen) atoms. The van der Waals surface area contributed by atoms with E-state index in [1.54, 1.807) is 29.8 Å². The molecule has 0 atom stereocenters. The Kier molecular flexibility index (Phi) is 9.27. The number of thiazole rings is 1. The predicted octanol–water partition coefficient (Wildman–Crippen LogP) is 6.60. The first kappa shape index (κ1) is 25.8. The van der Waals surface area contributed by atoms with Gasteiger partial charge < -0.3 is 0 Å². The van der Waals surface area contributed by atoms with Crippen LogP contribution in [0.2, 0.25) is 3.43 Å². The average Bonchev–Trinajstić information content (AvgIpc) is 3.35. The van der Waals surface area contributed by atoms with E-state index in [0.29, 0.717) is 8.33 Å². The minimum atomic E-state index is -3.61. The van der Waals surface area contributed by atoms with Crippen molar-refractivity contribution in [1.29, 1.82) is 0 Å². The van der Waals surface area contributed by atoms with Crippen LogP contribution >= 0.6 is 11.3 Å². The SMILES string of the molecule is CCCC[C](CCCC)(CCCC)[Sn][c]1cn2cnc(S(=O)(=O)c3ccc(C)cc3)c2s1. The molecule has 0 aliphatic rings. The van der Waals surface area contributed by atoms with E-state index in [9.17, 15) is 8.42 Å². The monoisotopic (exact) mass is 580 g/mol. The van der Waals surface area contributed by atoms with Crippen molar-refractivity contribution in [3.63, 3.8) is 0 Å². The van der Waals surface area contributed by atoms with Crippen LogP contribution in [-0.2, 0) is 9.84 Å². The summed E-state index contributed by atoms with van der Waals surface area (Å²) in [5, 5.41) is 0.207. The standard InChI is InChI=1S/C13H27.C12H9N2O2S2.Sn/c1-4-7-10-13(11-8-5-2)12-9-6-3;1-9-2-4-10(5-3-9)18(15,16)11-12-14(8-13-11)6-7-17-12;/h4-12H2,1-3H3;2-6,8H,1H3;. The van der Waals surface area contributed by atoms with Gasteiger partial charge in [0.1, 0.15) is 0 Å². The average molecular weight is 579 g/mol. The quantitative estimate of drug-likeness (QED) is 0.215. The second kappa shape index (κ2) is 11.5. The van der Waals surface area contributed by atoms with Crippen LogP contribution < -0.4 is 2.89 Å². The Balaban J connectivity index is 1.94. The molecular weight excluding hydrogens is 543 g/mol. The minimum absolute atomic E-state index is 0.207. The van der Waals surface area contributed by atoms with E-state index in [2.05, 4.69) is 32.0 Å². The molecule has 3 rings (SSSR count). The van der Waals surface area contributed by atoms with Crippen molar-refractivity contribution in [1.82, 2.24) is 9.38 Å². The molecule has 4 nitrogen and oxygen atoms in total. The molecule has 0 spiro atoms. The molecule has 2 radical (unpaired) electrons. The summed E-state index contributed by atoms with van der Waals surface area (Å²) in [5.74, 6) is 0. The maximum absolute atomic E-state index is 13.3. The van der Waals surface area contributed by atoms with Crippen LogP contribution in [0.3, 0.4) is 0 Å². The van der Waals surface area contributed by atoms with E-state index in [4.69, 9.17) is 0 Å². The number of rotatable bonds is 13. The Labute approximate surface area is 208 Å². The summed E-state index contributed by atoms with van der Waals surface area (Å²) < 4.78 is 30.4. The van der Waals surface area contributed by atoms with E-state index in [1.807, 2.05) is 23.5 Å². The fourth-order valence-corrected chi connectivity index (χ4v) is 14.1. The van der Waals surface area contributed by atoms with E-state index >= 15 is 0 Å². The van der Waals surface area contributed by atoms with Gasteiger partial charge in [0.15, 0.2) is 0 Å². The molecule has 0 aliphatic heterocycles. The molecule has 7 heteroatoms. The molecule has 0 amide bonds. The second-order valence-corrected chi connectivity index (χ2v) is 18.1. The molecule has 0 fully saturated rings. The summed E-state index contributed by atoms with van der Waals surface area (Å²) in [6, 6.07) is 7.06. The van der Waals surface area contributed by atoms with Crippen LogP contribution in [0, 0.1) is 6.92 Å². The summed E-state index contributed by atoms with van der Waals surface area (Å²) in [7, 11) is -3.61. The van der Waals surface area contributed by atoms with Crippen LogP contribution in [0.25, 0.3) is 4.83 Å². The van der Waals surface area contributed by atoms with Crippen LogP contribution in [-0.4, -0.2) is 38.9 Å². The van der Waals surface area contributed by atoms with E-state index in [0.717, 1.165) is 10.4 Å². The van der Waals surface area contributed by atoms with Gasteiger partial charge in [-0.05, 0) is 0 Å². The van der Waals surface area contributed by atoms with E-state index in [-0.39, 0.29) is 5.03 Å². The maximum atomic E-state index is 13.3. The first-order chi connectivity index (χ1) is 15.3. The number of imidazole rings is 1. The number of hydrogen-bond donors (Lipinski definition) is 0. The van der Waals surface area contributed by atoms with Crippen molar-refractivity contribution in [3.8, 4) is 0 Å². The van der Waals surface area contributed by atoms with Gasteiger partial charge in [-0.1, -0.05) is 0 Å². The number of hydrogen-bond acceptors (Lipinski definition) is 4. The van der Waals surface area contributed by atoms with Crippen LogP contribution in [0.1, 0.15) is 84.1 Å². The Morgan fingerprint density at radius 1 is 0.969 bits per heavy atom. The van der Waals surface area contributed by atoms with Gasteiger partial charge in [0.05, 0.1) is 0 Å². The third-order valence-corrected chi connectivity index (χ3v) is 15.2. The Morgan fingerprint density at radius 2 is 1.53 bits per heavy atom. The molecule has 0 unspecified atom stereocenters. The predicted molar refractivity (Wildman–Crippen MR) is 136 cm³/mol. The third kappa shape index (κ3) is 5.98. The van der Waals surface area contributed by atoms with Gasteiger partial charge in [0, 0.05) is 0 Å². The molecule has 0 N–H and O–H groups in total. The zero-order valence-electron chi connectivity index (χ0n) is 19.9. The summed E-state index contributed by atoms with van der Waals surface area (Å²) in [4.78, 5) is 5.41. The third-order valence-electron chi connectivity index (χ3n) is 6.18. The molecule has 2 aromatic heterocycles. The van der Waals surface area contributed by atoms with E-state index in [1.165, 1.54) is 60.7 Å². The Morgan fingerprint density at radius 3 is 2.06 bits per heavy atom. The van der Waals surface area contributed by atoms with Gasteiger partial charge in [-0.2, -0.15) is 0 Å². The van der Waals surface area contributed by atoms with Gasteiger partial charge in [-0.15, -0.1) is 0 Å². The Bertz CT molecular complexity index is 1080. The molecule has 1 aromatic carbocycles. The van der Waals surface area contributed by atoms with Gasteiger partial charge in [-0.25, -0.2) is 0 Å². The van der Waals surface area contributed by atoms with Gasteiger partial charge in [0.25, 0.3) is 0 Å². The van der Waals surface area contributed by atoms with Crippen LogP contribution in [0.5, 0.6) is 0 Å². The number of aromatic nitrogens is 2. The fourth-order valence-electron chi connectivity index (χ4n) is 4.22.